The molecule has 0 spiro atoms. The number of hydrogen-bond donors (Lipinski definition) is 1. The van der Waals surface area contributed by atoms with Crippen molar-refractivity contribution in [2.75, 3.05) is 12.5 Å². The highest BCUT2D eigenvalue weighted by Gasteiger charge is 2.28. The highest BCUT2D eigenvalue weighted by molar-refractivity contribution is 6.18. The van der Waals surface area contributed by atoms with Crippen molar-refractivity contribution in [1.29, 1.82) is 0 Å². The molecule has 19 heavy (non-hydrogen) atoms. The Labute approximate surface area is 113 Å². The second-order valence-corrected chi connectivity index (χ2v) is 4.14. The maximum Gasteiger partial charge on any atom is 0.422 e. The minimum absolute atomic E-state index is 0.133. The molecule has 0 atom stereocenters. The Morgan fingerprint density at radius 3 is 2.42 bits per heavy atom. The number of nitrogens with one attached hydrogen (secondary N) is 1. The van der Waals surface area contributed by atoms with Crippen LogP contribution in [0.15, 0.2) is 24.3 Å². The third-order valence-corrected chi connectivity index (χ3v) is 2.33. The Morgan fingerprint density at radius 1 is 1.26 bits per heavy atom. The van der Waals surface area contributed by atoms with Gasteiger partial charge < -0.3 is 10.1 Å². The third kappa shape index (κ3) is 6.91. The predicted octanol–water partition coefficient (Wildman–Crippen LogP) is 2.87. The summed E-state index contributed by atoms with van der Waals surface area (Å²) >= 11 is 5.40. The molecule has 3 nitrogen and oxygen atoms in total. The molecular formula is C12H13ClF3NO2. The predicted molar refractivity (Wildman–Crippen MR) is 65.2 cm³/mol. The number of halogens is 4. The standard InChI is InChI=1S/C12H13ClF3NO2/c13-6-5-11(18)17-7-9-1-3-10(4-2-9)19-8-12(14,15)16/h1-4H,5-8H2,(H,17,18). The van der Waals surface area contributed by atoms with Crippen LogP contribution in [-0.2, 0) is 11.3 Å². The van der Waals surface area contributed by atoms with E-state index in [4.69, 9.17) is 11.6 Å². The van der Waals surface area contributed by atoms with Gasteiger partial charge in [0.15, 0.2) is 6.61 Å². The van der Waals surface area contributed by atoms with Gasteiger partial charge in [-0.3, -0.25) is 4.79 Å². The maximum absolute atomic E-state index is 11.9. The van der Waals surface area contributed by atoms with E-state index in [2.05, 4.69) is 10.1 Å². The fourth-order valence-electron chi connectivity index (χ4n) is 1.24. The first-order valence-corrected chi connectivity index (χ1v) is 6.05. The molecule has 0 saturated heterocycles. The molecule has 0 aliphatic rings. The van der Waals surface area contributed by atoms with E-state index < -0.39 is 12.8 Å². The molecule has 0 saturated carbocycles. The summed E-state index contributed by atoms with van der Waals surface area (Å²) in [5, 5.41) is 2.63. The van der Waals surface area contributed by atoms with E-state index in [1.807, 2.05) is 0 Å². The van der Waals surface area contributed by atoms with E-state index in [-0.39, 0.29) is 24.0 Å². The molecule has 1 rings (SSSR count). The zero-order valence-corrected chi connectivity index (χ0v) is 10.7. The fraction of sp³-hybridized carbons (Fsp3) is 0.417. The molecule has 0 aliphatic carbocycles. The van der Waals surface area contributed by atoms with Crippen LogP contribution < -0.4 is 10.1 Å². The first-order chi connectivity index (χ1) is 8.90. The summed E-state index contributed by atoms with van der Waals surface area (Å²) in [5.74, 6) is 0.205. The highest BCUT2D eigenvalue weighted by atomic mass is 35.5. The SMILES string of the molecule is O=C(CCCl)NCc1ccc(OCC(F)(F)F)cc1. The van der Waals surface area contributed by atoms with E-state index in [9.17, 15) is 18.0 Å². The number of ether oxygens (including phenoxy) is 1. The highest BCUT2D eigenvalue weighted by Crippen LogP contribution is 2.18. The van der Waals surface area contributed by atoms with Crippen molar-refractivity contribution in [3.8, 4) is 5.75 Å². The molecule has 1 N–H and O–H groups in total. The van der Waals surface area contributed by atoms with Crippen LogP contribution in [0.1, 0.15) is 12.0 Å². The normalized spacial score (nSPS) is 11.2. The van der Waals surface area contributed by atoms with Crippen LogP contribution in [0.2, 0.25) is 0 Å². The largest absolute Gasteiger partial charge is 0.484 e. The Balaban J connectivity index is 2.41. The van der Waals surface area contributed by atoms with Crippen molar-refractivity contribution in [2.45, 2.75) is 19.1 Å². The summed E-state index contributed by atoms with van der Waals surface area (Å²) in [6, 6.07) is 6.03. The average Bonchev–Trinajstić information content (AvgIpc) is 2.34. The molecule has 7 heteroatoms. The molecule has 0 bridgehead atoms. The molecule has 0 aromatic heterocycles. The number of benzene rings is 1. The number of carbonyl (C=O) groups is 1. The van der Waals surface area contributed by atoms with E-state index in [1.54, 1.807) is 12.1 Å². The molecule has 1 aromatic rings. The second-order valence-electron chi connectivity index (χ2n) is 3.76. The van der Waals surface area contributed by atoms with Gasteiger partial charge in [0.2, 0.25) is 5.91 Å². The summed E-state index contributed by atoms with van der Waals surface area (Å²) in [6.07, 6.45) is -4.12. The molecule has 0 unspecified atom stereocenters. The Hall–Kier alpha value is -1.43. The maximum atomic E-state index is 11.9. The van der Waals surface area contributed by atoms with Crippen molar-refractivity contribution >= 4 is 17.5 Å². The van der Waals surface area contributed by atoms with Gasteiger partial charge in [-0.2, -0.15) is 13.2 Å². The van der Waals surface area contributed by atoms with Gasteiger partial charge >= 0.3 is 6.18 Å². The van der Waals surface area contributed by atoms with Crippen LogP contribution in [0.3, 0.4) is 0 Å². The Kier molecular flexibility index (Phi) is 5.95. The van der Waals surface area contributed by atoms with E-state index in [1.165, 1.54) is 12.1 Å². The summed E-state index contributed by atoms with van der Waals surface area (Å²) in [7, 11) is 0. The molecule has 0 radical (unpaired) electrons. The van der Waals surface area contributed by atoms with Crippen molar-refractivity contribution in [1.82, 2.24) is 5.32 Å². The van der Waals surface area contributed by atoms with E-state index in [0.29, 0.717) is 6.54 Å². The van der Waals surface area contributed by atoms with Crippen molar-refractivity contribution in [3.05, 3.63) is 29.8 Å². The van der Waals surface area contributed by atoms with Gasteiger partial charge in [0.25, 0.3) is 0 Å². The average molecular weight is 296 g/mol. The minimum atomic E-state index is -4.35. The van der Waals surface area contributed by atoms with Crippen LogP contribution in [0, 0.1) is 0 Å². The van der Waals surface area contributed by atoms with Crippen LogP contribution in [0.25, 0.3) is 0 Å². The van der Waals surface area contributed by atoms with Gasteiger partial charge in [0.05, 0.1) is 0 Å². The van der Waals surface area contributed by atoms with Gasteiger partial charge in [0.1, 0.15) is 5.75 Å². The van der Waals surface area contributed by atoms with Gasteiger partial charge in [-0.15, -0.1) is 11.6 Å². The second kappa shape index (κ2) is 7.23. The molecular weight excluding hydrogens is 283 g/mol. The summed E-state index contributed by atoms with van der Waals surface area (Å²) < 4.78 is 40.3. The molecule has 1 amide bonds. The Morgan fingerprint density at radius 2 is 1.89 bits per heavy atom. The fourth-order valence-corrected chi connectivity index (χ4v) is 1.42. The lowest BCUT2D eigenvalue weighted by Gasteiger charge is -2.10. The number of carbonyl (C=O) groups excluding carboxylic acids is 1. The van der Waals surface area contributed by atoms with Crippen LogP contribution in [0.5, 0.6) is 5.75 Å². The smallest absolute Gasteiger partial charge is 0.422 e. The zero-order chi connectivity index (χ0) is 14.3. The number of hydrogen-bond acceptors (Lipinski definition) is 2. The van der Waals surface area contributed by atoms with Crippen molar-refractivity contribution in [2.24, 2.45) is 0 Å². The molecule has 106 valence electrons. The lowest BCUT2D eigenvalue weighted by Crippen LogP contribution is -2.22. The lowest BCUT2D eigenvalue weighted by molar-refractivity contribution is -0.153. The van der Waals surface area contributed by atoms with Crippen molar-refractivity contribution < 1.29 is 22.7 Å². The summed E-state index contributed by atoms with van der Waals surface area (Å²) in [4.78, 5) is 11.2. The number of alkyl halides is 4. The Bertz CT molecular complexity index is 406. The van der Waals surface area contributed by atoms with Crippen LogP contribution in [0.4, 0.5) is 13.2 Å². The van der Waals surface area contributed by atoms with Crippen molar-refractivity contribution in [3.63, 3.8) is 0 Å². The molecule has 0 aliphatic heterocycles. The molecule has 1 aromatic carbocycles. The lowest BCUT2D eigenvalue weighted by atomic mass is 10.2. The van der Waals surface area contributed by atoms with E-state index in [0.717, 1.165) is 5.56 Å². The quantitative estimate of drug-likeness (QED) is 0.820. The van der Waals surface area contributed by atoms with Gasteiger partial charge in [-0.1, -0.05) is 12.1 Å². The number of amides is 1. The number of rotatable bonds is 6. The zero-order valence-electron chi connectivity index (χ0n) is 9.97. The minimum Gasteiger partial charge on any atom is -0.484 e. The molecule has 0 heterocycles. The first-order valence-electron chi connectivity index (χ1n) is 5.52. The van der Waals surface area contributed by atoms with Crippen LogP contribution in [-0.4, -0.2) is 24.6 Å². The summed E-state index contributed by atoms with van der Waals surface area (Å²) in [5.41, 5.74) is 0.766. The topological polar surface area (TPSA) is 38.3 Å². The van der Waals surface area contributed by atoms with Crippen LogP contribution >= 0.6 is 11.6 Å². The summed E-state index contributed by atoms with van der Waals surface area (Å²) in [6.45, 7) is -1.02. The third-order valence-electron chi connectivity index (χ3n) is 2.14. The molecule has 0 fully saturated rings. The monoisotopic (exact) mass is 295 g/mol. The first kappa shape index (κ1) is 15.6. The van der Waals surface area contributed by atoms with E-state index >= 15 is 0 Å². The van der Waals surface area contributed by atoms with Gasteiger partial charge in [-0.05, 0) is 17.7 Å². The van der Waals surface area contributed by atoms with Gasteiger partial charge in [0, 0.05) is 18.8 Å². The van der Waals surface area contributed by atoms with Gasteiger partial charge in [-0.25, -0.2) is 0 Å².